The van der Waals surface area contributed by atoms with Gasteiger partial charge in [-0.1, -0.05) is 35.3 Å². The summed E-state index contributed by atoms with van der Waals surface area (Å²) in [4.78, 5) is 11.3. The Morgan fingerprint density at radius 2 is 1.74 bits per heavy atom. The van der Waals surface area contributed by atoms with Gasteiger partial charge in [0.15, 0.2) is 5.78 Å². The summed E-state index contributed by atoms with van der Waals surface area (Å²) in [5, 5.41) is 1.10. The van der Waals surface area contributed by atoms with Crippen molar-refractivity contribution in [3.63, 3.8) is 0 Å². The van der Waals surface area contributed by atoms with Crippen LogP contribution in [-0.2, 0) is 0 Å². The molecule has 0 aliphatic heterocycles. The van der Waals surface area contributed by atoms with Gasteiger partial charge in [0.25, 0.3) is 0 Å². The fourth-order valence-electron chi connectivity index (χ4n) is 1.84. The molecule has 0 atom stereocenters. The summed E-state index contributed by atoms with van der Waals surface area (Å²) in [7, 11) is 1.58. The van der Waals surface area contributed by atoms with Crippen LogP contribution in [0.2, 0.25) is 10.0 Å². The number of carbonyl (C=O) groups excluding carboxylic acids is 1. The Bertz CT molecular complexity index is 636. The summed E-state index contributed by atoms with van der Waals surface area (Å²) < 4.78 is 5.30. The fourth-order valence-corrected chi connectivity index (χ4v) is 2.28. The highest BCUT2D eigenvalue weighted by Gasteiger charge is 2.11. The Morgan fingerprint density at radius 3 is 2.32 bits per heavy atom. The SMILES string of the molecule is COc1cc(Cl)ccc1-c1ccc(C(C)=O)cc1Cl. The van der Waals surface area contributed by atoms with Gasteiger partial charge < -0.3 is 4.74 Å². The van der Waals surface area contributed by atoms with Crippen molar-refractivity contribution in [2.75, 3.05) is 7.11 Å². The van der Waals surface area contributed by atoms with Gasteiger partial charge in [-0.2, -0.15) is 0 Å². The maximum absolute atomic E-state index is 11.3. The second kappa shape index (κ2) is 5.64. The van der Waals surface area contributed by atoms with E-state index in [0.29, 0.717) is 21.4 Å². The van der Waals surface area contributed by atoms with Crippen LogP contribution in [0, 0.1) is 0 Å². The van der Waals surface area contributed by atoms with Crippen molar-refractivity contribution in [2.24, 2.45) is 0 Å². The van der Waals surface area contributed by atoms with Gasteiger partial charge in [0, 0.05) is 26.7 Å². The Kier molecular flexibility index (Phi) is 4.13. The van der Waals surface area contributed by atoms with Crippen molar-refractivity contribution in [1.82, 2.24) is 0 Å². The van der Waals surface area contributed by atoms with Crippen LogP contribution in [-0.4, -0.2) is 12.9 Å². The quantitative estimate of drug-likeness (QED) is 0.755. The Balaban J connectivity index is 2.56. The minimum absolute atomic E-state index is 0.0171. The fraction of sp³-hybridized carbons (Fsp3) is 0.133. The highest BCUT2D eigenvalue weighted by Crippen LogP contribution is 2.36. The first kappa shape index (κ1) is 13.9. The third kappa shape index (κ3) is 2.91. The molecule has 0 radical (unpaired) electrons. The highest BCUT2D eigenvalue weighted by atomic mass is 35.5. The zero-order chi connectivity index (χ0) is 14.0. The average Bonchev–Trinajstić information content (AvgIpc) is 2.38. The third-order valence-corrected chi connectivity index (χ3v) is 3.38. The molecule has 0 fully saturated rings. The largest absolute Gasteiger partial charge is 0.496 e. The molecule has 2 aromatic carbocycles. The summed E-state index contributed by atoms with van der Waals surface area (Å²) in [6.07, 6.45) is 0. The average molecular weight is 295 g/mol. The number of ketones is 1. The van der Waals surface area contributed by atoms with Crippen molar-refractivity contribution in [2.45, 2.75) is 6.92 Å². The van der Waals surface area contributed by atoms with Crippen LogP contribution in [0.25, 0.3) is 11.1 Å². The summed E-state index contributed by atoms with van der Waals surface area (Å²) in [5.41, 5.74) is 2.23. The number of halogens is 2. The van der Waals surface area contributed by atoms with Gasteiger partial charge >= 0.3 is 0 Å². The summed E-state index contributed by atoms with van der Waals surface area (Å²) in [6, 6.07) is 10.6. The van der Waals surface area contributed by atoms with E-state index < -0.39 is 0 Å². The highest BCUT2D eigenvalue weighted by molar-refractivity contribution is 6.34. The van der Waals surface area contributed by atoms with Crippen molar-refractivity contribution < 1.29 is 9.53 Å². The molecule has 0 heterocycles. The van der Waals surface area contributed by atoms with Crippen molar-refractivity contribution in [3.05, 3.63) is 52.0 Å². The van der Waals surface area contributed by atoms with Crippen LogP contribution >= 0.6 is 23.2 Å². The molecule has 0 amide bonds. The summed E-state index contributed by atoms with van der Waals surface area (Å²) >= 11 is 12.2. The molecule has 0 saturated carbocycles. The van der Waals surface area contributed by atoms with E-state index in [1.165, 1.54) is 6.92 Å². The van der Waals surface area contributed by atoms with Gasteiger partial charge in [-0.3, -0.25) is 4.79 Å². The molecule has 0 spiro atoms. The van der Waals surface area contributed by atoms with E-state index in [2.05, 4.69) is 0 Å². The molecule has 2 rings (SSSR count). The zero-order valence-corrected chi connectivity index (χ0v) is 12.0. The molecule has 2 aromatic rings. The second-order valence-corrected chi connectivity index (χ2v) is 4.94. The molecule has 0 aliphatic rings. The molecule has 2 nitrogen and oxygen atoms in total. The van der Waals surface area contributed by atoms with Crippen molar-refractivity contribution in [1.29, 1.82) is 0 Å². The normalized spacial score (nSPS) is 10.3. The number of rotatable bonds is 3. The lowest BCUT2D eigenvalue weighted by molar-refractivity contribution is 0.101. The molecule has 0 bridgehead atoms. The monoisotopic (exact) mass is 294 g/mol. The van der Waals surface area contributed by atoms with Crippen molar-refractivity contribution >= 4 is 29.0 Å². The first-order valence-electron chi connectivity index (χ1n) is 5.67. The van der Waals surface area contributed by atoms with Gasteiger partial charge in [0.2, 0.25) is 0 Å². The standard InChI is InChI=1S/C15H12Cl2O2/c1-9(18)10-3-5-12(14(17)7-10)13-6-4-11(16)8-15(13)19-2/h3-8H,1-2H3. The molecular weight excluding hydrogens is 283 g/mol. The molecule has 0 saturated heterocycles. The molecule has 0 aromatic heterocycles. The number of hydrogen-bond acceptors (Lipinski definition) is 2. The predicted molar refractivity (Wildman–Crippen MR) is 78.5 cm³/mol. The Hall–Kier alpha value is -1.51. The number of Topliss-reactive ketones (excluding diaryl/α,β-unsaturated/α-hetero) is 1. The van der Waals surface area contributed by atoms with Crippen LogP contribution in [0.3, 0.4) is 0 Å². The molecule has 0 unspecified atom stereocenters. The first-order valence-corrected chi connectivity index (χ1v) is 6.43. The number of benzene rings is 2. The predicted octanol–water partition coefficient (Wildman–Crippen LogP) is 4.87. The minimum atomic E-state index is -0.0171. The molecule has 0 aliphatic carbocycles. The van der Waals surface area contributed by atoms with E-state index in [9.17, 15) is 4.79 Å². The lowest BCUT2D eigenvalue weighted by Gasteiger charge is -2.11. The summed E-state index contributed by atoms with van der Waals surface area (Å²) in [5.74, 6) is 0.626. The van der Waals surface area contributed by atoms with E-state index >= 15 is 0 Å². The maximum atomic E-state index is 11.3. The van der Waals surface area contributed by atoms with Gasteiger partial charge in [-0.15, -0.1) is 0 Å². The van der Waals surface area contributed by atoms with Gasteiger partial charge in [0.05, 0.1) is 7.11 Å². The van der Waals surface area contributed by atoms with Crippen LogP contribution < -0.4 is 4.74 Å². The first-order chi connectivity index (χ1) is 9.02. The molecule has 19 heavy (non-hydrogen) atoms. The third-order valence-electron chi connectivity index (χ3n) is 2.83. The minimum Gasteiger partial charge on any atom is -0.496 e. The van der Waals surface area contributed by atoms with Crippen LogP contribution in [0.4, 0.5) is 0 Å². The van der Waals surface area contributed by atoms with E-state index in [-0.39, 0.29) is 5.78 Å². The topological polar surface area (TPSA) is 26.3 Å². The lowest BCUT2D eigenvalue weighted by atomic mass is 10.0. The molecule has 4 heteroatoms. The van der Waals surface area contributed by atoms with Crippen LogP contribution in [0.5, 0.6) is 5.75 Å². The van der Waals surface area contributed by atoms with Crippen LogP contribution in [0.15, 0.2) is 36.4 Å². The van der Waals surface area contributed by atoms with Gasteiger partial charge in [-0.25, -0.2) is 0 Å². The zero-order valence-electron chi connectivity index (χ0n) is 10.5. The Labute approximate surface area is 121 Å². The lowest BCUT2D eigenvalue weighted by Crippen LogP contribution is -1.93. The van der Waals surface area contributed by atoms with E-state index in [0.717, 1.165) is 11.1 Å². The summed E-state index contributed by atoms with van der Waals surface area (Å²) in [6.45, 7) is 1.51. The van der Waals surface area contributed by atoms with Gasteiger partial charge in [-0.05, 0) is 31.2 Å². The maximum Gasteiger partial charge on any atom is 0.159 e. The van der Waals surface area contributed by atoms with E-state index in [4.69, 9.17) is 27.9 Å². The molecular formula is C15H12Cl2O2. The molecule has 98 valence electrons. The smallest absolute Gasteiger partial charge is 0.159 e. The number of hydrogen-bond donors (Lipinski definition) is 0. The van der Waals surface area contributed by atoms with Gasteiger partial charge in [0.1, 0.15) is 5.75 Å². The van der Waals surface area contributed by atoms with Crippen LogP contribution in [0.1, 0.15) is 17.3 Å². The van der Waals surface area contributed by atoms with E-state index in [1.807, 2.05) is 12.1 Å². The number of ether oxygens (including phenoxy) is 1. The van der Waals surface area contributed by atoms with Crippen molar-refractivity contribution in [3.8, 4) is 16.9 Å². The number of methoxy groups -OCH3 is 1. The Morgan fingerprint density at radius 1 is 1.05 bits per heavy atom. The molecule has 0 N–H and O–H groups in total. The van der Waals surface area contributed by atoms with E-state index in [1.54, 1.807) is 31.4 Å². The second-order valence-electron chi connectivity index (χ2n) is 4.10. The number of carbonyl (C=O) groups is 1.